The van der Waals surface area contributed by atoms with E-state index in [4.69, 9.17) is 4.74 Å². The summed E-state index contributed by atoms with van der Waals surface area (Å²) in [5.74, 6) is 0.769. The number of ether oxygens (including phenoxy) is 1. The van der Waals surface area contributed by atoms with Crippen LogP contribution in [-0.4, -0.2) is 14.0 Å². The van der Waals surface area contributed by atoms with Crippen LogP contribution >= 0.6 is 0 Å². The fourth-order valence-electron chi connectivity index (χ4n) is 3.27. The van der Waals surface area contributed by atoms with E-state index in [1.165, 1.54) is 0 Å². The minimum absolute atomic E-state index is 0.212. The fourth-order valence-corrected chi connectivity index (χ4v) is 4.37. The Morgan fingerprint density at radius 2 is 1.73 bits per heavy atom. The van der Waals surface area contributed by atoms with Crippen molar-refractivity contribution < 1.29 is 13.2 Å². The SMILES string of the molecule is CC1(C)CCc2cc(S(=O)(=O)Nc3ccc4ccccc4c3)ccc2O1. The molecule has 3 aromatic rings. The van der Waals surface area contributed by atoms with E-state index in [1.54, 1.807) is 24.3 Å². The van der Waals surface area contributed by atoms with Gasteiger partial charge in [0.25, 0.3) is 10.0 Å². The molecule has 1 aliphatic heterocycles. The van der Waals surface area contributed by atoms with Crippen LogP contribution in [-0.2, 0) is 16.4 Å². The maximum Gasteiger partial charge on any atom is 0.261 e. The Kier molecular flexibility index (Phi) is 3.92. The lowest BCUT2D eigenvalue weighted by Gasteiger charge is -2.32. The molecule has 3 aromatic carbocycles. The van der Waals surface area contributed by atoms with Gasteiger partial charge in [-0.2, -0.15) is 0 Å². The third-order valence-corrected chi connectivity index (χ3v) is 6.11. The Morgan fingerprint density at radius 1 is 0.962 bits per heavy atom. The molecule has 1 heterocycles. The Morgan fingerprint density at radius 3 is 2.54 bits per heavy atom. The number of nitrogens with one attached hydrogen (secondary N) is 1. The summed E-state index contributed by atoms with van der Waals surface area (Å²) in [6.45, 7) is 4.09. The zero-order chi connectivity index (χ0) is 18.4. The third-order valence-electron chi connectivity index (χ3n) is 4.73. The predicted octanol–water partition coefficient (Wildman–Crippen LogP) is 4.74. The van der Waals surface area contributed by atoms with E-state index in [0.29, 0.717) is 5.69 Å². The first kappa shape index (κ1) is 16.9. The van der Waals surface area contributed by atoms with Gasteiger partial charge in [0.15, 0.2) is 0 Å². The molecule has 0 aliphatic carbocycles. The normalized spacial score (nSPS) is 15.9. The molecule has 4 rings (SSSR count). The van der Waals surface area contributed by atoms with Gasteiger partial charge in [-0.25, -0.2) is 8.42 Å². The van der Waals surface area contributed by atoms with E-state index in [1.807, 2.05) is 50.2 Å². The largest absolute Gasteiger partial charge is 0.488 e. The molecular formula is C21H21NO3S. The average Bonchev–Trinajstić information content (AvgIpc) is 2.60. The quantitative estimate of drug-likeness (QED) is 0.727. The van der Waals surface area contributed by atoms with Gasteiger partial charge in [0.1, 0.15) is 11.4 Å². The molecule has 1 N–H and O–H groups in total. The van der Waals surface area contributed by atoms with Crippen molar-refractivity contribution in [2.24, 2.45) is 0 Å². The molecule has 0 amide bonds. The predicted molar refractivity (Wildman–Crippen MR) is 104 cm³/mol. The molecule has 1 aliphatic rings. The molecule has 0 atom stereocenters. The van der Waals surface area contributed by atoms with Gasteiger partial charge in [-0.3, -0.25) is 4.72 Å². The molecule has 0 unspecified atom stereocenters. The second-order valence-electron chi connectivity index (χ2n) is 7.30. The van der Waals surface area contributed by atoms with E-state index < -0.39 is 10.0 Å². The first-order valence-electron chi connectivity index (χ1n) is 8.66. The highest BCUT2D eigenvalue weighted by Gasteiger charge is 2.27. The molecule has 26 heavy (non-hydrogen) atoms. The summed E-state index contributed by atoms with van der Waals surface area (Å²) >= 11 is 0. The lowest BCUT2D eigenvalue weighted by Crippen LogP contribution is -2.32. The highest BCUT2D eigenvalue weighted by molar-refractivity contribution is 7.92. The number of anilines is 1. The summed E-state index contributed by atoms with van der Waals surface area (Å²) in [6.07, 6.45) is 1.67. The first-order valence-corrected chi connectivity index (χ1v) is 10.1. The average molecular weight is 367 g/mol. The van der Waals surface area contributed by atoms with Crippen molar-refractivity contribution in [3.63, 3.8) is 0 Å². The van der Waals surface area contributed by atoms with Gasteiger partial charge in [-0.15, -0.1) is 0 Å². The van der Waals surface area contributed by atoms with Crippen LogP contribution in [0.3, 0.4) is 0 Å². The minimum Gasteiger partial charge on any atom is -0.488 e. The van der Waals surface area contributed by atoms with Crippen LogP contribution in [0.1, 0.15) is 25.8 Å². The molecule has 0 aromatic heterocycles. The van der Waals surface area contributed by atoms with Crippen molar-refractivity contribution in [2.45, 2.75) is 37.2 Å². The number of rotatable bonds is 3. The van der Waals surface area contributed by atoms with Crippen LogP contribution in [0.5, 0.6) is 5.75 Å². The van der Waals surface area contributed by atoms with Gasteiger partial charge in [0.05, 0.1) is 4.90 Å². The van der Waals surface area contributed by atoms with Crippen molar-refractivity contribution in [1.82, 2.24) is 0 Å². The van der Waals surface area contributed by atoms with E-state index in [9.17, 15) is 8.42 Å². The number of hydrogen-bond acceptors (Lipinski definition) is 3. The lowest BCUT2D eigenvalue weighted by atomic mass is 9.94. The Balaban J connectivity index is 1.64. The molecular weight excluding hydrogens is 346 g/mol. The van der Waals surface area contributed by atoms with Gasteiger partial charge in [0.2, 0.25) is 0 Å². The van der Waals surface area contributed by atoms with Gasteiger partial charge >= 0.3 is 0 Å². The van der Waals surface area contributed by atoms with Gasteiger partial charge in [-0.05, 0) is 73.4 Å². The second kappa shape index (κ2) is 6.02. The van der Waals surface area contributed by atoms with E-state index in [0.717, 1.165) is 34.9 Å². The molecule has 0 spiro atoms. The minimum atomic E-state index is -3.65. The number of sulfonamides is 1. The molecule has 5 heteroatoms. The molecule has 0 fully saturated rings. The van der Waals surface area contributed by atoms with Crippen LogP contribution in [0.25, 0.3) is 10.8 Å². The van der Waals surface area contributed by atoms with Gasteiger partial charge in [0, 0.05) is 5.69 Å². The summed E-state index contributed by atoms with van der Waals surface area (Å²) in [7, 11) is -3.65. The second-order valence-corrected chi connectivity index (χ2v) is 8.98. The standard InChI is InChI=1S/C21H21NO3S/c1-21(2)12-11-17-14-19(9-10-20(17)25-21)26(23,24)22-18-8-7-15-5-3-4-6-16(15)13-18/h3-10,13-14,22H,11-12H2,1-2H3. The summed E-state index contributed by atoms with van der Waals surface area (Å²) in [5.41, 5.74) is 1.28. The molecule has 0 saturated heterocycles. The molecule has 0 saturated carbocycles. The zero-order valence-corrected chi connectivity index (χ0v) is 15.6. The third kappa shape index (κ3) is 3.27. The maximum absolute atomic E-state index is 12.8. The molecule has 134 valence electrons. The molecule has 0 radical (unpaired) electrons. The monoisotopic (exact) mass is 367 g/mol. The van der Waals surface area contributed by atoms with Crippen molar-refractivity contribution >= 4 is 26.5 Å². The van der Waals surface area contributed by atoms with Crippen LogP contribution in [0.15, 0.2) is 65.6 Å². The number of benzene rings is 3. The molecule has 4 nitrogen and oxygen atoms in total. The zero-order valence-electron chi connectivity index (χ0n) is 14.8. The van der Waals surface area contributed by atoms with Gasteiger partial charge in [-0.1, -0.05) is 30.3 Å². The highest BCUT2D eigenvalue weighted by atomic mass is 32.2. The Bertz CT molecular complexity index is 1090. The summed E-state index contributed by atoms with van der Waals surface area (Å²) in [5, 5.41) is 2.07. The topological polar surface area (TPSA) is 55.4 Å². The Labute approximate surface area is 153 Å². The van der Waals surface area contributed by atoms with Gasteiger partial charge < -0.3 is 4.74 Å². The first-order chi connectivity index (χ1) is 12.3. The number of hydrogen-bond donors (Lipinski definition) is 1. The van der Waals surface area contributed by atoms with E-state index >= 15 is 0 Å². The van der Waals surface area contributed by atoms with Crippen LogP contribution in [0.2, 0.25) is 0 Å². The van der Waals surface area contributed by atoms with Crippen molar-refractivity contribution in [2.75, 3.05) is 4.72 Å². The van der Waals surface area contributed by atoms with Crippen molar-refractivity contribution in [3.8, 4) is 5.75 Å². The van der Waals surface area contributed by atoms with Crippen molar-refractivity contribution in [3.05, 3.63) is 66.2 Å². The van der Waals surface area contributed by atoms with Crippen LogP contribution < -0.4 is 9.46 Å². The fraction of sp³-hybridized carbons (Fsp3) is 0.238. The smallest absolute Gasteiger partial charge is 0.261 e. The van der Waals surface area contributed by atoms with Crippen LogP contribution in [0.4, 0.5) is 5.69 Å². The summed E-state index contributed by atoms with van der Waals surface area (Å²) < 4.78 is 34.2. The lowest BCUT2D eigenvalue weighted by molar-refractivity contribution is 0.0845. The summed E-state index contributed by atoms with van der Waals surface area (Å²) in [4.78, 5) is 0.257. The Hall–Kier alpha value is -2.53. The number of aryl methyl sites for hydroxylation is 1. The van der Waals surface area contributed by atoms with E-state index in [2.05, 4.69) is 4.72 Å². The highest BCUT2D eigenvalue weighted by Crippen LogP contribution is 2.34. The van der Waals surface area contributed by atoms with E-state index in [-0.39, 0.29) is 10.5 Å². The van der Waals surface area contributed by atoms with Crippen molar-refractivity contribution in [1.29, 1.82) is 0 Å². The number of fused-ring (bicyclic) bond motifs is 2. The maximum atomic E-state index is 12.8. The molecule has 0 bridgehead atoms. The summed E-state index contributed by atoms with van der Waals surface area (Å²) in [6, 6.07) is 18.5. The van der Waals surface area contributed by atoms with Crippen LogP contribution in [0, 0.1) is 0 Å².